The predicted molar refractivity (Wildman–Crippen MR) is 86.4 cm³/mol. The molecule has 0 bridgehead atoms. The molecule has 0 aliphatic heterocycles. The van der Waals surface area contributed by atoms with Crippen LogP contribution in [0.3, 0.4) is 0 Å². The molecule has 0 amide bonds. The molecule has 1 unspecified atom stereocenters. The molecular weight excluding hydrogens is 288 g/mol. The number of hydrogen-bond donors (Lipinski definition) is 4. The van der Waals surface area contributed by atoms with E-state index in [1.807, 2.05) is 6.92 Å². The van der Waals surface area contributed by atoms with Gasteiger partial charge in [-0.05, 0) is 26.7 Å². The predicted octanol–water partition coefficient (Wildman–Crippen LogP) is 2.81. The van der Waals surface area contributed by atoms with Crippen LogP contribution >= 0.6 is 0 Å². The SMILES string of the molecule is C=C(C)C(=O)O.C=C(C)C(=O)O.CCCCC(CC)C(O)O. The van der Waals surface area contributed by atoms with Gasteiger partial charge in [-0.25, -0.2) is 9.59 Å². The molecule has 0 aliphatic rings. The highest BCUT2D eigenvalue weighted by Crippen LogP contribution is 2.14. The lowest BCUT2D eigenvalue weighted by atomic mass is 9.99. The minimum absolute atomic E-state index is 0.0833. The van der Waals surface area contributed by atoms with Gasteiger partial charge in [-0.1, -0.05) is 39.8 Å². The Morgan fingerprint density at radius 3 is 1.41 bits per heavy atom. The number of carboxylic acid groups (broad SMARTS) is 2. The Labute approximate surface area is 132 Å². The van der Waals surface area contributed by atoms with E-state index in [1.165, 1.54) is 13.8 Å². The standard InChI is InChI=1S/C8H18O2.2C4H6O2/c1-3-5-6-7(4-2)8(9)10;2*1-3(2)4(5)6/h7-10H,3-6H2,1-2H3;2*1H2,2H3,(H,5,6). The van der Waals surface area contributed by atoms with E-state index in [0.29, 0.717) is 0 Å². The van der Waals surface area contributed by atoms with Crippen molar-refractivity contribution in [2.45, 2.75) is 59.7 Å². The van der Waals surface area contributed by atoms with Gasteiger partial charge in [0, 0.05) is 17.1 Å². The van der Waals surface area contributed by atoms with Crippen LogP contribution in [0.1, 0.15) is 53.4 Å². The monoisotopic (exact) mass is 318 g/mol. The van der Waals surface area contributed by atoms with E-state index in [2.05, 4.69) is 20.1 Å². The first kappa shape index (κ1) is 25.3. The maximum absolute atomic E-state index is 9.60. The minimum atomic E-state index is -1.11. The molecule has 6 nitrogen and oxygen atoms in total. The van der Waals surface area contributed by atoms with E-state index in [1.54, 1.807) is 0 Å². The molecule has 0 spiro atoms. The van der Waals surface area contributed by atoms with Gasteiger partial charge in [0.15, 0.2) is 6.29 Å². The van der Waals surface area contributed by atoms with Gasteiger partial charge in [0.1, 0.15) is 0 Å². The molecule has 0 aromatic heterocycles. The van der Waals surface area contributed by atoms with Gasteiger partial charge in [0.25, 0.3) is 0 Å². The van der Waals surface area contributed by atoms with E-state index in [-0.39, 0.29) is 17.1 Å². The molecule has 6 heteroatoms. The number of aliphatic hydroxyl groups is 2. The van der Waals surface area contributed by atoms with Crippen molar-refractivity contribution >= 4 is 11.9 Å². The first-order chi connectivity index (χ1) is 10.0. The summed E-state index contributed by atoms with van der Waals surface area (Å²) in [4.78, 5) is 19.2. The topological polar surface area (TPSA) is 115 Å². The second-order valence-corrected chi connectivity index (χ2v) is 4.90. The third-order valence-electron chi connectivity index (χ3n) is 2.60. The summed E-state index contributed by atoms with van der Waals surface area (Å²) in [6.07, 6.45) is 2.90. The normalized spacial score (nSPS) is 10.5. The van der Waals surface area contributed by atoms with Gasteiger partial charge in [0.2, 0.25) is 0 Å². The highest BCUT2D eigenvalue weighted by molar-refractivity contribution is 5.85. The Balaban J connectivity index is -0.000000261. The number of hydrogen-bond acceptors (Lipinski definition) is 4. The van der Waals surface area contributed by atoms with E-state index in [0.717, 1.165) is 25.7 Å². The number of unbranched alkanes of at least 4 members (excludes halogenated alkanes) is 1. The zero-order valence-electron chi connectivity index (χ0n) is 14.0. The van der Waals surface area contributed by atoms with Crippen LogP contribution in [0, 0.1) is 5.92 Å². The largest absolute Gasteiger partial charge is 0.478 e. The summed E-state index contributed by atoms with van der Waals surface area (Å²) in [6.45, 7) is 13.3. The Morgan fingerprint density at radius 1 is 0.955 bits per heavy atom. The third-order valence-corrected chi connectivity index (χ3v) is 2.60. The van der Waals surface area contributed by atoms with Crippen LogP contribution < -0.4 is 0 Å². The van der Waals surface area contributed by atoms with Gasteiger partial charge >= 0.3 is 11.9 Å². The van der Waals surface area contributed by atoms with Crippen molar-refractivity contribution in [1.29, 1.82) is 0 Å². The summed E-state index contributed by atoms with van der Waals surface area (Å²) in [5.41, 5.74) is 0.352. The summed E-state index contributed by atoms with van der Waals surface area (Å²) in [7, 11) is 0. The van der Waals surface area contributed by atoms with Crippen molar-refractivity contribution in [2.75, 3.05) is 0 Å². The van der Waals surface area contributed by atoms with Crippen molar-refractivity contribution in [2.24, 2.45) is 5.92 Å². The van der Waals surface area contributed by atoms with Crippen molar-refractivity contribution in [1.82, 2.24) is 0 Å². The van der Waals surface area contributed by atoms with Crippen LogP contribution in [-0.4, -0.2) is 38.7 Å². The fourth-order valence-electron chi connectivity index (χ4n) is 1.03. The first-order valence-electron chi connectivity index (χ1n) is 7.14. The molecular formula is C16H30O6. The van der Waals surface area contributed by atoms with Gasteiger partial charge in [0.05, 0.1) is 0 Å². The fraction of sp³-hybridized carbons (Fsp3) is 0.625. The van der Waals surface area contributed by atoms with Gasteiger partial charge in [-0.15, -0.1) is 0 Å². The van der Waals surface area contributed by atoms with E-state index >= 15 is 0 Å². The third kappa shape index (κ3) is 20.7. The van der Waals surface area contributed by atoms with Crippen LogP contribution in [0.25, 0.3) is 0 Å². The van der Waals surface area contributed by atoms with Crippen molar-refractivity contribution in [3.63, 3.8) is 0 Å². The van der Waals surface area contributed by atoms with Crippen LogP contribution in [0.5, 0.6) is 0 Å². The first-order valence-corrected chi connectivity index (χ1v) is 7.14. The molecule has 1 atom stereocenters. The quantitative estimate of drug-likeness (QED) is 0.424. The minimum Gasteiger partial charge on any atom is -0.478 e. The zero-order chi connectivity index (χ0) is 18.3. The number of rotatable bonds is 7. The molecule has 0 saturated heterocycles. The van der Waals surface area contributed by atoms with Crippen LogP contribution in [0.4, 0.5) is 0 Å². The Hall–Kier alpha value is -1.66. The highest BCUT2D eigenvalue weighted by Gasteiger charge is 2.12. The number of carboxylic acids is 2. The molecule has 0 aromatic carbocycles. The fourth-order valence-corrected chi connectivity index (χ4v) is 1.03. The van der Waals surface area contributed by atoms with Crippen LogP contribution in [0.15, 0.2) is 24.3 Å². The van der Waals surface area contributed by atoms with Crippen LogP contribution in [-0.2, 0) is 9.59 Å². The van der Waals surface area contributed by atoms with Gasteiger partial charge in [-0.3, -0.25) is 0 Å². The van der Waals surface area contributed by atoms with E-state index in [9.17, 15) is 9.59 Å². The summed E-state index contributed by atoms with van der Waals surface area (Å²) >= 11 is 0. The molecule has 0 aromatic rings. The number of aliphatic carboxylic acids is 2. The van der Waals surface area contributed by atoms with Crippen molar-refractivity contribution in [3.8, 4) is 0 Å². The number of carbonyl (C=O) groups is 2. The zero-order valence-corrected chi connectivity index (χ0v) is 14.0. The molecule has 0 fully saturated rings. The van der Waals surface area contributed by atoms with Crippen LogP contribution in [0.2, 0.25) is 0 Å². The molecule has 0 radical (unpaired) electrons. The van der Waals surface area contributed by atoms with Crippen molar-refractivity contribution < 1.29 is 30.0 Å². The van der Waals surface area contributed by atoms with Crippen molar-refractivity contribution in [3.05, 3.63) is 24.3 Å². The molecule has 0 saturated carbocycles. The Morgan fingerprint density at radius 2 is 1.27 bits per heavy atom. The second kappa shape index (κ2) is 15.7. The Bertz CT molecular complexity index is 299. The average molecular weight is 318 g/mol. The summed E-state index contributed by atoms with van der Waals surface area (Å²) in [5.74, 6) is -1.79. The summed E-state index contributed by atoms with van der Waals surface area (Å²) in [6, 6.07) is 0. The smallest absolute Gasteiger partial charge is 0.330 e. The highest BCUT2D eigenvalue weighted by atomic mass is 16.5. The maximum Gasteiger partial charge on any atom is 0.330 e. The molecule has 130 valence electrons. The van der Waals surface area contributed by atoms with Gasteiger partial charge in [-0.2, -0.15) is 0 Å². The van der Waals surface area contributed by atoms with E-state index < -0.39 is 18.2 Å². The van der Waals surface area contributed by atoms with Gasteiger partial charge < -0.3 is 20.4 Å². The average Bonchev–Trinajstić information content (AvgIpc) is 2.40. The molecule has 0 heterocycles. The maximum atomic E-state index is 9.60. The molecule has 22 heavy (non-hydrogen) atoms. The lowest BCUT2D eigenvalue weighted by molar-refractivity contribution is -0.133. The lowest BCUT2D eigenvalue weighted by Crippen LogP contribution is -2.18. The summed E-state index contributed by atoms with van der Waals surface area (Å²) in [5, 5.41) is 33.4. The number of aliphatic hydroxyl groups excluding tert-OH is 1. The second-order valence-electron chi connectivity index (χ2n) is 4.90. The lowest BCUT2D eigenvalue weighted by Gasteiger charge is -2.15. The Kier molecular flexibility index (Phi) is 18.1. The molecule has 4 N–H and O–H groups in total. The molecule has 0 rings (SSSR count). The summed E-state index contributed by atoms with van der Waals surface area (Å²) < 4.78 is 0. The van der Waals surface area contributed by atoms with E-state index in [4.69, 9.17) is 20.4 Å². The molecule has 0 aliphatic carbocycles.